The fourth-order valence-electron chi connectivity index (χ4n) is 1.92. The Hall–Kier alpha value is -0.970. The Morgan fingerprint density at radius 1 is 1.00 bits per heavy atom. The van der Waals surface area contributed by atoms with Crippen molar-refractivity contribution in [3.8, 4) is 0 Å². The molecule has 0 aromatic heterocycles. The van der Waals surface area contributed by atoms with Crippen LogP contribution in [0.3, 0.4) is 0 Å². The second-order valence-corrected chi connectivity index (χ2v) is 7.57. The number of nitrogens with one attached hydrogen (secondary N) is 2. The van der Waals surface area contributed by atoms with E-state index in [2.05, 4.69) is 10.6 Å². The molecule has 0 saturated carbocycles. The summed E-state index contributed by atoms with van der Waals surface area (Å²) in [6.07, 6.45) is -0.878. The summed E-state index contributed by atoms with van der Waals surface area (Å²) >= 11 is 23.9. The summed E-state index contributed by atoms with van der Waals surface area (Å²) in [5, 5.41) is 6.01. The van der Waals surface area contributed by atoms with Crippen molar-refractivity contribution in [3.63, 3.8) is 0 Å². The lowest BCUT2D eigenvalue weighted by molar-refractivity contribution is 0.0929. The molecule has 0 heterocycles. The summed E-state index contributed by atoms with van der Waals surface area (Å²) in [5.74, 6) is -0.424. The average molecular weight is 392 g/mol. The molecule has 0 fully saturated rings. The quantitative estimate of drug-likeness (QED) is 0.579. The molecule has 23 heavy (non-hydrogen) atoms. The molecule has 3 nitrogen and oxygen atoms in total. The molecular weight excluding hydrogens is 378 g/mol. The minimum Gasteiger partial charge on any atom is -0.333 e. The number of amides is 1. The predicted molar refractivity (Wildman–Crippen MR) is 96.3 cm³/mol. The van der Waals surface area contributed by atoms with E-state index in [4.69, 9.17) is 46.4 Å². The van der Waals surface area contributed by atoms with Gasteiger partial charge in [-0.1, -0.05) is 88.9 Å². The number of rotatable bonds is 5. The monoisotopic (exact) mass is 390 g/mol. The predicted octanol–water partition coefficient (Wildman–Crippen LogP) is 4.56. The van der Waals surface area contributed by atoms with Gasteiger partial charge in [0.1, 0.15) is 6.17 Å². The molecule has 0 unspecified atom stereocenters. The lowest BCUT2D eigenvalue weighted by Gasteiger charge is -2.27. The largest absolute Gasteiger partial charge is 0.333 e. The highest BCUT2D eigenvalue weighted by Gasteiger charge is 2.34. The third-order valence-electron chi connectivity index (χ3n) is 3.07. The van der Waals surface area contributed by atoms with Gasteiger partial charge in [0.15, 0.2) is 0 Å². The van der Waals surface area contributed by atoms with Gasteiger partial charge in [-0.15, -0.1) is 0 Å². The zero-order chi connectivity index (χ0) is 16.9. The van der Waals surface area contributed by atoms with E-state index in [9.17, 15) is 4.79 Å². The van der Waals surface area contributed by atoms with Gasteiger partial charge < -0.3 is 5.32 Å². The molecule has 0 aliphatic rings. The van der Waals surface area contributed by atoms with Crippen LogP contribution in [0, 0.1) is 0 Å². The van der Waals surface area contributed by atoms with Gasteiger partial charge in [0.2, 0.25) is 3.79 Å². The molecule has 1 amide bonds. The Bertz CT molecular complexity index is 659. The van der Waals surface area contributed by atoms with Gasteiger partial charge in [-0.2, -0.15) is 0 Å². The average Bonchev–Trinajstić information content (AvgIpc) is 2.51. The van der Waals surface area contributed by atoms with Crippen molar-refractivity contribution in [2.75, 3.05) is 0 Å². The molecule has 2 rings (SSSR count). The van der Waals surface area contributed by atoms with Crippen molar-refractivity contribution in [1.82, 2.24) is 10.6 Å². The zero-order valence-corrected chi connectivity index (χ0v) is 14.9. The Balaban J connectivity index is 2.07. The summed E-state index contributed by atoms with van der Waals surface area (Å²) in [6.45, 7) is 0.433. The van der Waals surface area contributed by atoms with E-state index in [1.54, 1.807) is 24.3 Å². The number of halogens is 4. The highest BCUT2D eigenvalue weighted by atomic mass is 35.6. The topological polar surface area (TPSA) is 41.1 Å². The number of hydrogen-bond acceptors (Lipinski definition) is 2. The van der Waals surface area contributed by atoms with Crippen molar-refractivity contribution in [2.24, 2.45) is 0 Å². The third-order valence-corrected chi connectivity index (χ3v) is 4.06. The lowest BCUT2D eigenvalue weighted by atomic mass is 10.2. The summed E-state index contributed by atoms with van der Waals surface area (Å²) in [4.78, 5) is 12.3. The maximum atomic E-state index is 12.3. The van der Waals surface area contributed by atoms with E-state index < -0.39 is 15.9 Å². The Morgan fingerprint density at radius 2 is 1.61 bits per heavy atom. The molecule has 0 saturated heterocycles. The highest BCUT2D eigenvalue weighted by molar-refractivity contribution is 6.68. The van der Waals surface area contributed by atoms with E-state index in [1.165, 1.54) is 0 Å². The Labute approximate surface area is 154 Å². The molecule has 0 bridgehead atoms. The van der Waals surface area contributed by atoms with Crippen molar-refractivity contribution < 1.29 is 4.79 Å². The van der Waals surface area contributed by atoms with Gasteiger partial charge in [0, 0.05) is 6.54 Å². The molecular formula is C16H14Cl4N2O. The maximum Gasteiger partial charge on any atom is 0.254 e. The van der Waals surface area contributed by atoms with Gasteiger partial charge >= 0.3 is 0 Å². The van der Waals surface area contributed by atoms with Crippen LogP contribution in [0.15, 0.2) is 54.6 Å². The van der Waals surface area contributed by atoms with E-state index in [-0.39, 0.29) is 0 Å². The van der Waals surface area contributed by atoms with E-state index >= 15 is 0 Å². The molecule has 122 valence electrons. The third kappa shape index (κ3) is 5.55. The molecule has 0 aliphatic heterocycles. The number of carbonyl (C=O) groups is 1. The summed E-state index contributed by atoms with van der Waals surface area (Å²) in [5.41, 5.74) is 1.31. The van der Waals surface area contributed by atoms with Crippen molar-refractivity contribution >= 4 is 52.3 Å². The van der Waals surface area contributed by atoms with Crippen molar-refractivity contribution in [1.29, 1.82) is 0 Å². The molecule has 0 radical (unpaired) electrons. The SMILES string of the molecule is O=C(N[C@@H](NCc1ccccc1)C(Cl)(Cl)Cl)c1ccccc1Cl. The first kappa shape index (κ1) is 18.4. The van der Waals surface area contributed by atoms with Crippen LogP contribution in [0.4, 0.5) is 0 Å². The van der Waals surface area contributed by atoms with Crippen LogP contribution in [0.1, 0.15) is 15.9 Å². The zero-order valence-electron chi connectivity index (χ0n) is 11.9. The molecule has 2 N–H and O–H groups in total. The normalized spacial score (nSPS) is 12.7. The van der Waals surface area contributed by atoms with E-state index in [0.29, 0.717) is 17.1 Å². The molecule has 2 aromatic carbocycles. The smallest absolute Gasteiger partial charge is 0.254 e. The van der Waals surface area contributed by atoms with Gasteiger partial charge in [0.25, 0.3) is 5.91 Å². The molecule has 0 aliphatic carbocycles. The first-order valence-corrected chi connectivity index (χ1v) is 8.28. The summed E-state index contributed by atoms with van der Waals surface area (Å²) in [6, 6.07) is 16.3. The van der Waals surface area contributed by atoms with Crippen LogP contribution in [-0.2, 0) is 6.54 Å². The van der Waals surface area contributed by atoms with Crippen molar-refractivity contribution in [3.05, 3.63) is 70.7 Å². The van der Waals surface area contributed by atoms with Crippen molar-refractivity contribution in [2.45, 2.75) is 16.5 Å². The first-order valence-electron chi connectivity index (χ1n) is 6.77. The molecule has 7 heteroatoms. The minimum atomic E-state index is -1.72. The Kier molecular flexibility index (Phi) is 6.57. The Morgan fingerprint density at radius 3 is 2.22 bits per heavy atom. The number of carbonyl (C=O) groups excluding carboxylic acids is 1. The maximum absolute atomic E-state index is 12.3. The molecule has 0 spiro atoms. The van der Waals surface area contributed by atoms with Crippen LogP contribution < -0.4 is 10.6 Å². The van der Waals surface area contributed by atoms with E-state index in [1.807, 2.05) is 30.3 Å². The van der Waals surface area contributed by atoms with E-state index in [0.717, 1.165) is 5.56 Å². The van der Waals surface area contributed by atoms with Gasteiger partial charge in [-0.3, -0.25) is 10.1 Å². The van der Waals surface area contributed by atoms with Crippen LogP contribution in [-0.4, -0.2) is 15.9 Å². The number of benzene rings is 2. The molecule has 1 atom stereocenters. The molecule has 2 aromatic rings. The second-order valence-electron chi connectivity index (χ2n) is 4.79. The number of hydrogen-bond donors (Lipinski definition) is 2. The lowest BCUT2D eigenvalue weighted by Crippen LogP contribution is -2.53. The van der Waals surface area contributed by atoms with Crippen LogP contribution in [0.25, 0.3) is 0 Å². The number of alkyl halides is 3. The van der Waals surface area contributed by atoms with Crippen LogP contribution in [0.5, 0.6) is 0 Å². The van der Waals surface area contributed by atoms with Crippen LogP contribution in [0.2, 0.25) is 5.02 Å². The van der Waals surface area contributed by atoms with Gasteiger partial charge in [-0.25, -0.2) is 0 Å². The van der Waals surface area contributed by atoms with Crippen LogP contribution >= 0.6 is 46.4 Å². The first-order chi connectivity index (χ1) is 10.9. The summed E-state index contributed by atoms with van der Waals surface area (Å²) < 4.78 is -1.72. The fraction of sp³-hybridized carbons (Fsp3) is 0.188. The van der Waals surface area contributed by atoms with Gasteiger partial charge in [0.05, 0.1) is 10.6 Å². The van der Waals surface area contributed by atoms with Gasteiger partial charge in [-0.05, 0) is 17.7 Å². The second kappa shape index (κ2) is 8.22. The minimum absolute atomic E-state index is 0.315. The highest BCUT2D eigenvalue weighted by Crippen LogP contribution is 2.29. The summed E-state index contributed by atoms with van der Waals surface area (Å²) in [7, 11) is 0. The standard InChI is InChI=1S/C16H14Cl4N2O/c17-13-9-5-4-8-12(13)14(23)22-15(16(18,19)20)21-10-11-6-2-1-3-7-11/h1-9,15,21H,10H2,(H,22,23)/t15-/m1/s1. The fourth-order valence-corrected chi connectivity index (χ4v) is 2.54.